The molecule has 0 aromatic rings. The van der Waals surface area contributed by atoms with E-state index in [1.165, 1.54) is 25.7 Å². The van der Waals surface area contributed by atoms with E-state index in [4.69, 9.17) is 0 Å². The van der Waals surface area contributed by atoms with Gasteiger partial charge in [0.05, 0.1) is 4.83 Å². The van der Waals surface area contributed by atoms with Crippen LogP contribution in [0.3, 0.4) is 0 Å². The molecule has 78 valence electrons. The fraction of sp³-hybridized carbons (Fsp3) is 0.800. The van der Waals surface area contributed by atoms with Crippen molar-refractivity contribution < 1.29 is 0 Å². The fourth-order valence-corrected chi connectivity index (χ4v) is 2.42. The molecule has 2 rings (SSSR count). The van der Waals surface area contributed by atoms with Gasteiger partial charge in [0.15, 0.2) is 0 Å². The Morgan fingerprint density at radius 1 is 1.43 bits per heavy atom. The molecule has 1 saturated carbocycles. The number of nitrogens with one attached hydrogen (secondary N) is 1. The van der Waals surface area contributed by atoms with Crippen molar-refractivity contribution in [3.05, 3.63) is 0 Å². The van der Waals surface area contributed by atoms with Crippen LogP contribution in [0.15, 0.2) is 9.98 Å². The van der Waals surface area contributed by atoms with Crippen molar-refractivity contribution in [2.45, 2.75) is 49.6 Å². The average molecular weight is 258 g/mol. The van der Waals surface area contributed by atoms with Gasteiger partial charge in [-0.3, -0.25) is 10.3 Å². The minimum absolute atomic E-state index is 0.176. The topological polar surface area (TPSA) is 36.8 Å². The molecular formula is C10H16BrN3. The van der Waals surface area contributed by atoms with E-state index in [0.717, 1.165) is 5.84 Å². The highest BCUT2D eigenvalue weighted by atomic mass is 79.9. The van der Waals surface area contributed by atoms with Gasteiger partial charge in [0, 0.05) is 12.3 Å². The van der Waals surface area contributed by atoms with Crippen molar-refractivity contribution in [1.29, 1.82) is 0 Å². The normalized spacial score (nSPS) is 33.4. The Morgan fingerprint density at radius 2 is 2.14 bits per heavy atom. The van der Waals surface area contributed by atoms with E-state index in [9.17, 15) is 0 Å². The largest absolute Gasteiger partial charge is 0.292 e. The molecule has 2 aliphatic rings. The fourth-order valence-electron chi connectivity index (χ4n) is 2.03. The Hall–Kier alpha value is -0.220. The first-order valence-corrected chi connectivity index (χ1v) is 6.16. The molecular weight excluding hydrogens is 242 g/mol. The second-order valence-electron chi connectivity index (χ2n) is 3.99. The van der Waals surface area contributed by atoms with Gasteiger partial charge >= 0.3 is 0 Å². The first-order valence-electron chi connectivity index (χ1n) is 5.24. The highest BCUT2D eigenvalue weighted by Crippen LogP contribution is 2.20. The van der Waals surface area contributed by atoms with Crippen LogP contribution in [0.4, 0.5) is 0 Å². The monoisotopic (exact) mass is 257 g/mol. The van der Waals surface area contributed by atoms with Crippen LogP contribution in [-0.2, 0) is 0 Å². The lowest BCUT2D eigenvalue weighted by Crippen LogP contribution is -2.43. The molecule has 0 aromatic heterocycles. The molecule has 2 unspecified atom stereocenters. The second kappa shape index (κ2) is 4.53. The maximum Gasteiger partial charge on any atom is 0.121 e. The molecule has 0 radical (unpaired) electrons. The summed E-state index contributed by atoms with van der Waals surface area (Å²) >= 11 is 3.57. The van der Waals surface area contributed by atoms with Gasteiger partial charge in [0.2, 0.25) is 0 Å². The third-order valence-electron chi connectivity index (χ3n) is 2.79. The highest BCUT2D eigenvalue weighted by Gasteiger charge is 2.24. The lowest BCUT2D eigenvalue weighted by Gasteiger charge is -2.24. The third kappa shape index (κ3) is 2.42. The summed E-state index contributed by atoms with van der Waals surface area (Å²) in [4.78, 5) is 8.90. The van der Waals surface area contributed by atoms with Crippen LogP contribution >= 0.6 is 15.9 Å². The quantitative estimate of drug-likeness (QED) is 0.757. The summed E-state index contributed by atoms with van der Waals surface area (Å²) in [6, 6.07) is 0.656. The highest BCUT2D eigenvalue weighted by molar-refractivity contribution is 9.10. The smallest absolute Gasteiger partial charge is 0.121 e. The minimum atomic E-state index is 0.176. The zero-order valence-electron chi connectivity index (χ0n) is 8.41. The van der Waals surface area contributed by atoms with Crippen LogP contribution in [0.1, 0.15) is 32.6 Å². The number of rotatable bonds is 2. The molecule has 2 atom stereocenters. The molecule has 4 heteroatoms. The summed E-state index contributed by atoms with van der Waals surface area (Å²) in [6.07, 6.45) is 7.40. The molecule has 3 nitrogen and oxygen atoms in total. The predicted molar refractivity (Wildman–Crippen MR) is 63.5 cm³/mol. The van der Waals surface area contributed by atoms with Crippen LogP contribution in [0.5, 0.6) is 0 Å². The molecule has 0 aromatic carbocycles. The molecule has 1 aliphatic heterocycles. The summed E-state index contributed by atoms with van der Waals surface area (Å²) in [7, 11) is 0. The number of amidine groups is 1. The van der Waals surface area contributed by atoms with E-state index in [-0.39, 0.29) is 11.0 Å². The zero-order chi connectivity index (χ0) is 9.97. The maximum absolute atomic E-state index is 4.49. The number of alkyl halides is 1. The number of hydrogen-bond acceptors (Lipinski definition) is 3. The average Bonchev–Trinajstić information content (AvgIpc) is 2.64. The minimum Gasteiger partial charge on any atom is -0.292 e. The van der Waals surface area contributed by atoms with Crippen LogP contribution in [0, 0.1) is 0 Å². The Balaban J connectivity index is 1.93. The summed E-state index contributed by atoms with van der Waals surface area (Å²) in [6.45, 7) is 1.94. The number of halogens is 1. The lowest BCUT2D eigenvalue weighted by atomic mass is 10.2. The van der Waals surface area contributed by atoms with Gasteiger partial charge in [-0.25, -0.2) is 4.99 Å². The van der Waals surface area contributed by atoms with Gasteiger partial charge in [-0.2, -0.15) is 0 Å². The third-order valence-corrected chi connectivity index (χ3v) is 3.53. The number of nitrogens with zero attached hydrogens (tertiary/aromatic N) is 2. The van der Waals surface area contributed by atoms with Crippen LogP contribution in [-0.4, -0.2) is 29.1 Å². The Morgan fingerprint density at radius 3 is 2.86 bits per heavy atom. The molecule has 0 spiro atoms. The van der Waals surface area contributed by atoms with Gasteiger partial charge in [-0.05, 0) is 19.8 Å². The molecule has 1 fully saturated rings. The SMILES string of the molecule is CC1=NC(NC2CCCC2)C(Br)C=N1. The van der Waals surface area contributed by atoms with Crippen molar-refractivity contribution in [3.63, 3.8) is 0 Å². The lowest BCUT2D eigenvalue weighted by molar-refractivity contribution is 0.452. The molecule has 1 heterocycles. The van der Waals surface area contributed by atoms with E-state index in [1.807, 2.05) is 13.1 Å². The number of hydrogen-bond donors (Lipinski definition) is 1. The van der Waals surface area contributed by atoms with Gasteiger partial charge in [0.25, 0.3) is 0 Å². The Bertz CT molecular complexity index is 256. The first kappa shape index (κ1) is 10.3. The van der Waals surface area contributed by atoms with Crippen molar-refractivity contribution in [3.8, 4) is 0 Å². The van der Waals surface area contributed by atoms with Crippen molar-refractivity contribution in [2.24, 2.45) is 9.98 Å². The molecule has 1 aliphatic carbocycles. The molecule has 14 heavy (non-hydrogen) atoms. The molecule has 0 amide bonds. The van der Waals surface area contributed by atoms with Crippen LogP contribution in [0.25, 0.3) is 0 Å². The molecule has 0 saturated heterocycles. The van der Waals surface area contributed by atoms with E-state index in [0.29, 0.717) is 6.04 Å². The van der Waals surface area contributed by atoms with Gasteiger partial charge in [0.1, 0.15) is 12.0 Å². The molecule has 1 N–H and O–H groups in total. The van der Waals surface area contributed by atoms with Gasteiger partial charge in [-0.15, -0.1) is 0 Å². The standard InChI is InChI=1S/C10H16BrN3/c1-7-12-6-9(11)10(13-7)14-8-4-2-3-5-8/h6,8-10,14H,2-5H2,1H3. The zero-order valence-corrected chi connectivity index (χ0v) is 10.00. The van der Waals surface area contributed by atoms with Crippen molar-refractivity contribution >= 4 is 28.0 Å². The van der Waals surface area contributed by atoms with Crippen molar-refractivity contribution in [1.82, 2.24) is 5.32 Å². The summed E-state index contributed by atoms with van der Waals surface area (Å²) < 4.78 is 0. The van der Waals surface area contributed by atoms with E-state index in [1.54, 1.807) is 0 Å². The van der Waals surface area contributed by atoms with Crippen LogP contribution < -0.4 is 5.32 Å². The molecule has 0 bridgehead atoms. The Kier molecular flexibility index (Phi) is 3.34. The van der Waals surface area contributed by atoms with Gasteiger partial charge in [-0.1, -0.05) is 28.8 Å². The summed E-state index contributed by atoms with van der Waals surface area (Å²) in [5.74, 6) is 0.871. The Labute approximate surface area is 93.2 Å². The van der Waals surface area contributed by atoms with E-state index >= 15 is 0 Å². The summed E-state index contributed by atoms with van der Waals surface area (Å²) in [5, 5.41) is 3.57. The maximum atomic E-state index is 4.49. The predicted octanol–water partition coefficient (Wildman–Crippen LogP) is 2.11. The number of aliphatic imine (C=N–C) groups is 2. The summed E-state index contributed by atoms with van der Waals surface area (Å²) in [5.41, 5.74) is 0. The first-order chi connectivity index (χ1) is 6.75. The van der Waals surface area contributed by atoms with Gasteiger partial charge < -0.3 is 0 Å². The van der Waals surface area contributed by atoms with Crippen molar-refractivity contribution in [2.75, 3.05) is 0 Å². The van der Waals surface area contributed by atoms with E-state index in [2.05, 4.69) is 31.2 Å². The van der Waals surface area contributed by atoms with E-state index < -0.39 is 0 Å². The van der Waals surface area contributed by atoms with Crippen LogP contribution in [0.2, 0.25) is 0 Å². The second-order valence-corrected chi connectivity index (χ2v) is 5.05.